The third kappa shape index (κ3) is 3.54. The Morgan fingerprint density at radius 1 is 1.38 bits per heavy atom. The van der Waals surface area contributed by atoms with Crippen LogP contribution in [0.1, 0.15) is 32.6 Å². The van der Waals surface area contributed by atoms with Crippen molar-refractivity contribution in [1.82, 2.24) is 0 Å². The first-order valence-electron chi connectivity index (χ1n) is 7.12. The lowest BCUT2D eigenvalue weighted by Crippen LogP contribution is -2.33. The Labute approximate surface area is 148 Å². The van der Waals surface area contributed by atoms with Crippen molar-refractivity contribution in [3.05, 3.63) is 26.7 Å². The molecule has 0 bridgehead atoms. The molecule has 6 heteroatoms. The highest BCUT2D eigenvalue weighted by Gasteiger charge is 2.39. The zero-order valence-corrected chi connectivity index (χ0v) is 15.7. The summed E-state index contributed by atoms with van der Waals surface area (Å²) in [6.45, 7) is 2.33. The highest BCUT2D eigenvalue weighted by atomic mass is 79.9. The molecule has 2 nitrogen and oxygen atoms in total. The minimum absolute atomic E-state index is 0.124. The van der Waals surface area contributed by atoms with E-state index in [-0.39, 0.29) is 5.54 Å². The summed E-state index contributed by atoms with van der Waals surface area (Å²) >= 11 is 17.7. The van der Waals surface area contributed by atoms with Crippen LogP contribution >= 0.6 is 50.9 Å². The quantitative estimate of drug-likeness (QED) is 0.597. The van der Waals surface area contributed by atoms with Gasteiger partial charge < -0.3 is 5.32 Å². The van der Waals surface area contributed by atoms with E-state index in [9.17, 15) is 0 Å². The zero-order valence-electron chi connectivity index (χ0n) is 11.8. The monoisotopic (exact) mass is 406 g/mol. The molecular weight excluding hydrogens is 391 g/mol. The molecule has 1 aromatic rings. The molecule has 1 N–H and O–H groups in total. The van der Waals surface area contributed by atoms with Gasteiger partial charge in [-0.25, -0.2) is 0 Å². The van der Waals surface area contributed by atoms with E-state index in [1.54, 1.807) is 11.8 Å². The van der Waals surface area contributed by atoms with Gasteiger partial charge in [0.2, 0.25) is 0 Å². The Morgan fingerprint density at radius 2 is 2.10 bits per heavy atom. The molecule has 1 aliphatic carbocycles. The molecule has 0 saturated heterocycles. The molecule has 1 aliphatic heterocycles. The maximum Gasteiger partial charge on any atom is 0.161 e. The van der Waals surface area contributed by atoms with Gasteiger partial charge >= 0.3 is 0 Å². The molecule has 0 amide bonds. The first-order valence-corrected chi connectivity index (χ1v) is 9.65. The van der Waals surface area contributed by atoms with Crippen LogP contribution in [0.3, 0.4) is 0 Å². The van der Waals surface area contributed by atoms with Crippen molar-refractivity contribution in [2.75, 3.05) is 11.1 Å². The van der Waals surface area contributed by atoms with Crippen molar-refractivity contribution in [3.63, 3.8) is 0 Å². The summed E-state index contributed by atoms with van der Waals surface area (Å²) in [4.78, 5) is 4.97. The molecule has 2 unspecified atom stereocenters. The Hall–Kier alpha value is 0.1000. The van der Waals surface area contributed by atoms with Crippen LogP contribution < -0.4 is 5.32 Å². The number of rotatable bonds is 1. The van der Waals surface area contributed by atoms with E-state index in [0.29, 0.717) is 10.0 Å². The van der Waals surface area contributed by atoms with Crippen LogP contribution in [0.15, 0.2) is 21.6 Å². The summed E-state index contributed by atoms with van der Waals surface area (Å²) in [6, 6.07) is 3.68. The van der Waals surface area contributed by atoms with Crippen molar-refractivity contribution in [3.8, 4) is 0 Å². The third-order valence-electron chi connectivity index (χ3n) is 4.12. The van der Waals surface area contributed by atoms with Crippen molar-refractivity contribution >= 4 is 61.7 Å². The largest absolute Gasteiger partial charge is 0.333 e. The fourth-order valence-electron chi connectivity index (χ4n) is 3.18. The molecule has 1 aromatic carbocycles. The standard InChI is InChI=1S/C15H17BrCl2N2S/c1-9-3-2-4-15(7-9)8-21-14(20-15)19-13-11(17)5-10(16)6-12(13)18/h5-6,9H,2-4,7-8H2,1H3,(H,19,20). The second-order valence-electron chi connectivity index (χ2n) is 6.00. The number of aliphatic imine (C=N–C) groups is 1. The molecule has 3 rings (SSSR count). The summed E-state index contributed by atoms with van der Waals surface area (Å²) in [5.74, 6) is 1.83. The Kier molecular flexibility index (Phi) is 4.80. The number of halogens is 3. The van der Waals surface area contributed by atoms with Gasteiger partial charge in [0.05, 0.1) is 21.3 Å². The van der Waals surface area contributed by atoms with E-state index in [4.69, 9.17) is 28.2 Å². The summed E-state index contributed by atoms with van der Waals surface area (Å²) < 4.78 is 0.877. The molecule has 1 spiro atoms. The van der Waals surface area contributed by atoms with E-state index in [2.05, 4.69) is 28.2 Å². The fourth-order valence-corrected chi connectivity index (χ4v) is 5.65. The Balaban J connectivity index is 1.80. The third-order valence-corrected chi connectivity index (χ3v) is 6.33. The number of hydrogen-bond donors (Lipinski definition) is 1. The lowest BCUT2D eigenvalue weighted by molar-refractivity contribution is 0.266. The van der Waals surface area contributed by atoms with Crippen LogP contribution in [-0.4, -0.2) is 16.5 Å². The minimum Gasteiger partial charge on any atom is -0.333 e. The summed E-state index contributed by atoms with van der Waals surface area (Å²) in [5.41, 5.74) is 0.868. The molecule has 1 saturated carbocycles. The fraction of sp³-hybridized carbons (Fsp3) is 0.533. The predicted octanol–water partition coefficient (Wildman–Crippen LogP) is 6.22. The molecule has 2 aliphatic rings. The molecular formula is C15H17BrCl2N2S. The van der Waals surface area contributed by atoms with Gasteiger partial charge in [-0.3, -0.25) is 4.99 Å². The highest BCUT2D eigenvalue weighted by Crippen LogP contribution is 2.43. The lowest BCUT2D eigenvalue weighted by atomic mass is 9.78. The number of nitrogens with one attached hydrogen (secondary N) is 1. The van der Waals surface area contributed by atoms with Crippen LogP contribution in [-0.2, 0) is 0 Å². The number of benzene rings is 1. The average molecular weight is 408 g/mol. The van der Waals surface area contributed by atoms with Crippen LogP contribution in [0.2, 0.25) is 10.0 Å². The number of nitrogens with zero attached hydrogens (tertiary/aromatic N) is 1. The van der Waals surface area contributed by atoms with Gasteiger partial charge in [-0.15, -0.1) is 0 Å². The van der Waals surface area contributed by atoms with Gasteiger partial charge in [0.15, 0.2) is 5.17 Å². The van der Waals surface area contributed by atoms with E-state index < -0.39 is 0 Å². The van der Waals surface area contributed by atoms with E-state index >= 15 is 0 Å². The van der Waals surface area contributed by atoms with Crippen molar-refractivity contribution in [2.45, 2.75) is 38.1 Å². The van der Waals surface area contributed by atoms with Crippen LogP contribution in [0.4, 0.5) is 5.69 Å². The van der Waals surface area contributed by atoms with Crippen molar-refractivity contribution in [1.29, 1.82) is 0 Å². The minimum atomic E-state index is 0.124. The average Bonchev–Trinajstić information content (AvgIpc) is 2.76. The molecule has 0 radical (unpaired) electrons. The van der Waals surface area contributed by atoms with E-state index in [1.165, 1.54) is 25.7 Å². The van der Waals surface area contributed by atoms with E-state index in [0.717, 1.165) is 27.0 Å². The van der Waals surface area contributed by atoms with Gasteiger partial charge in [0.25, 0.3) is 0 Å². The van der Waals surface area contributed by atoms with Crippen molar-refractivity contribution < 1.29 is 0 Å². The maximum atomic E-state index is 6.27. The van der Waals surface area contributed by atoms with Gasteiger partial charge in [0, 0.05) is 10.2 Å². The number of amidine groups is 1. The van der Waals surface area contributed by atoms with Gasteiger partial charge in [-0.1, -0.05) is 70.7 Å². The topological polar surface area (TPSA) is 24.4 Å². The predicted molar refractivity (Wildman–Crippen MR) is 98.0 cm³/mol. The van der Waals surface area contributed by atoms with Crippen molar-refractivity contribution in [2.24, 2.45) is 10.9 Å². The number of hydrogen-bond acceptors (Lipinski definition) is 3. The van der Waals surface area contributed by atoms with Crippen LogP contribution in [0, 0.1) is 5.92 Å². The second-order valence-corrected chi connectivity index (χ2v) is 8.70. The van der Waals surface area contributed by atoms with Gasteiger partial charge in [-0.05, 0) is 30.9 Å². The summed E-state index contributed by atoms with van der Waals surface area (Å²) in [7, 11) is 0. The molecule has 2 atom stereocenters. The van der Waals surface area contributed by atoms with E-state index in [1.807, 2.05) is 12.1 Å². The summed E-state index contributed by atoms with van der Waals surface area (Å²) in [6.07, 6.45) is 4.98. The van der Waals surface area contributed by atoms with Crippen LogP contribution in [0.5, 0.6) is 0 Å². The van der Waals surface area contributed by atoms with Gasteiger partial charge in [-0.2, -0.15) is 0 Å². The second kappa shape index (κ2) is 6.31. The highest BCUT2D eigenvalue weighted by molar-refractivity contribution is 9.10. The molecule has 114 valence electrons. The molecule has 1 fully saturated rings. The number of thioether (sulfide) groups is 1. The first-order chi connectivity index (χ1) is 9.97. The first kappa shape index (κ1) is 16.0. The normalized spacial score (nSPS) is 28.8. The van der Waals surface area contributed by atoms with Crippen LogP contribution in [0.25, 0.3) is 0 Å². The SMILES string of the molecule is CC1CCCC2(CSC(Nc3c(Cl)cc(Br)cc3Cl)=N2)C1. The zero-order chi connectivity index (χ0) is 15.0. The Morgan fingerprint density at radius 3 is 2.76 bits per heavy atom. The molecule has 1 heterocycles. The smallest absolute Gasteiger partial charge is 0.161 e. The lowest BCUT2D eigenvalue weighted by Gasteiger charge is -2.33. The van der Waals surface area contributed by atoms with Gasteiger partial charge in [0.1, 0.15) is 0 Å². The molecule has 21 heavy (non-hydrogen) atoms. The number of anilines is 1. The maximum absolute atomic E-state index is 6.27. The summed E-state index contributed by atoms with van der Waals surface area (Å²) in [5, 5.41) is 5.47. The Bertz CT molecular complexity index is 570. The molecule has 0 aromatic heterocycles.